The highest BCUT2D eigenvalue weighted by atomic mass is 32.1. The van der Waals surface area contributed by atoms with Gasteiger partial charge in [0.2, 0.25) is 10.7 Å². The van der Waals surface area contributed by atoms with Gasteiger partial charge in [0.15, 0.2) is 0 Å². The predicted octanol–water partition coefficient (Wildman–Crippen LogP) is 2.18. The first kappa shape index (κ1) is 16.9. The molecular weight excluding hydrogens is 364 g/mol. The summed E-state index contributed by atoms with van der Waals surface area (Å²) in [6.07, 6.45) is 0. The normalized spacial score (nSPS) is 10.9. The number of nitrogens with one attached hydrogen (secondary N) is 2. The number of aromatic nitrogens is 5. The molecule has 0 amide bonds. The van der Waals surface area contributed by atoms with Gasteiger partial charge < -0.3 is 0 Å². The van der Waals surface area contributed by atoms with Crippen molar-refractivity contribution in [2.24, 2.45) is 0 Å². The van der Waals surface area contributed by atoms with E-state index in [-0.39, 0.29) is 22.0 Å². The zero-order valence-electron chi connectivity index (χ0n) is 14.2. The first-order valence-electron chi connectivity index (χ1n) is 8.09. The van der Waals surface area contributed by atoms with Crippen LogP contribution in [0.1, 0.15) is 5.69 Å². The molecule has 2 N–H and O–H groups in total. The van der Waals surface area contributed by atoms with Crippen molar-refractivity contribution < 1.29 is 0 Å². The van der Waals surface area contributed by atoms with E-state index in [0.717, 1.165) is 4.68 Å². The van der Waals surface area contributed by atoms with E-state index in [9.17, 15) is 9.59 Å². The number of hydrogen-bond donors (Lipinski definition) is 2. The molecule has 9 heteroatoms. The van der Waals surface area contributed by atoms with E-state index in [1.54, 1.807) is 43.3 Å². The maximum atomic E-state index is 13.1. The lowest BCUT2D eigenvalue weighted by molar-refractivity contribution is 0.741. The van der Waals surface area contributed by atoms with Crippen LogP contribution in [0.15, 0.2) is 64.2 Å². The number of nitrogens with zero attached hydrogens (tertiary/aromatic N) is 4. The Morgan fingerprint density at radius 2 is 1.70 bits per heavy atom. The van der Waals surface area contributed by atoms with Crippen LogP contribution in [0.2, 0.25) is 0 Å². The van der Waals surface area contributed by atoms with Gasteiger partial charge >= 0.3 is 0 Å². The molecule has 0 aliphatic heterocycles. The molecule has 2 aromatic heterocycles. The molecule has 8 nitrogen and oxygen atoms in total. The lowest BCUT2D eigenvalue weighted by Gasteiger charge is -2.16. The maximum Gasteiger partial charge on any atom is 0.295 e. The lowest BCUT2D eigenvalue weighted by atomic mass is 10.2. The number of fused-ring (bicyclic) bond motifs is 1. The zero-order chi connectivity index (χ0) is 19.0. The Labute approximate surface area is 157 Å². The lowest BCUT2D eigenvalue weighted by Crippen LogP contribution is -2.34. The van der Waals surface area contributed by atoms with Crippen LogP contribution in [0.5, 0.6) is 0 Å². The number of rotatable bonds is 3. The average Bonchev–Trinajstić information content (AvgIpc) is 2.69. The fourth-order valence-corrected chi connectivity index (χ4v) is 2.88. The van der Waals surface area contributed by atoms with Crippen molar-refractivity contribution in [2.45, 2.75) is 6.92 Å². The fourth-order valence-electron chi connectivity index (χ4n) is 2.71. The minimum Gasteiger partial charge on any atom is -0.268 e. The molecule has 27 heavy (non-hydrogen) atoms. The Morgan fingerprint density at radius 3 is 2.48 bits per heavy atom. The van der Waals surface area contributed by atoms with E-state index in [1.165, 1.54) is 4.57 Å². The highest BCUT2D eigenvalue weighted by molar-refractivity contribution is 7.71. The van der Waals surface area contributed by atoms with Crippen LogP contribution in [-0.2, 0) is 0 Å². The molecular formula is C18H14N6O2S. The molecule has 0 aliphatic carbocycles. The standard InChI is InChI=1S/C18H14N6O2S/c1-11-15(25)24(18(27)21-20-11)22-17-19-14-10-6-5-9-13(14)16(26)23(17)12-7-3-2-4-8-12/h2-10H,1H3,(H,19,22)(H,21,27). The molecule has 0 aliphatic rings. The summed E-state index contributed by atoms with van der Waals surface area (Å²) in [6, 6.07) is 16.1. The fraction of sp³-hybridized carbons (Fsp3) is 0.0556. The third-order valence-electron chi connectivity index (χ3n) is 4.04. The molecule has 4 aromatic rings. The van der Waals surface area contributed by atoms with Crippen molar-refractivity contribution in [3.8, 4) is 5.69 Å². The van der Waals surface area contributed by atoms with E-state index in [2.05, 4.69) is 20.6 Å². The number of H-pyrrole nitrogens is 1. The topological polar surface area (TPSA) is 97.6 Å². The first-order chi connectivity index (χ1) is 13.1. The minimum absolute atomic E-state index is 0.0626. The highest BCUT2D eigenvalue weighted by Gasteiger charge is 2.14. The van der Waals surface area contributed by atoms with E-state index in [0.29, 0.717) is 16.6 Å². The minimum atomic E-state index is -0.430. The molecule has 0 spiro atoms. The molecule has 0 saturated heterocycles. The van der Waals surface area contributed by atoms with Crippen LogP contribution in [0.3, 0.4) is 0 Å². The van der Waals surface area contributed by atoms with Gasteiger partial charge in [-0.2, -0.15) is 9.77 Å². The van der Waals surface area contributed by atoms with Gasteiger partial charge in [0.1, 0.15) is 5.69 Å². The Bertz CT molecular complexity index is 1320. The van der Waals surface area contributed by atoms with Gasteiger partial charge in [0.05, 0.1) is 16.6 Å². The van der Waals surface area contributed by atoms with Crippen molar-refractivity contribution in [1.29, 1.82) is 0 Å². The zero-order valence-corrected chi connectivity index (χ0v) is 15.0. The summed E-state index contributed by atoms with van der Waals surface area (Å²) in [5, 5.41) is 6.90. The van der Waals surface area contributed by atoms with Crippen molar-refractivity contribution in [3.05, 3.63) is 85.8 Å². The number of anilines is 1. The van der Waals surface area contributed by atoms with Crippen LogP contribution in [0.25, 0.3) is 16.6 Å². The number of hydrogen-bond acceptors (Lipinski definition) is 6. The van der Waals surface area contributed by atoms with Gasteiger partial charge in [0.25, 0.3) is 11.1 Å². The van der Waals surface area contributed by atoms with Gasteiger partial charge in [-0.05, 0) is 43.4 Å². The Balaban J connectivity index is 2.03. The predicted molar refractivity (Wildman–Crippen MR) is 105 cm³/mol. The molecule has 2 aromatic carbocycles. The van der Waals surface area contributed by atoms with Crippen LogP contribution in [0, 0.1) is 11.7 Å². The molecule has 0 radical (unpaired) electrons. The summed E-state index contributed by atoms with van der Waals surface area (Å²) in [7, 11) is 0. The van der Waals surface area contributed by atoms with Crippen LogP contribution in [0.4, 0.5) is 5.95 Å². The van der Waals surface area contributed by atoms with Crippen molar-refractivity contribution in [1.82, 2.24) is 24.4 Å². The highest BCUT2D eigenvalue weighted by Crippen LogP contribution is 2.16. The van der Waals surface area contributed by atoms with Gasteiger partial charge in [-0.3, -0.25) is 20.1 Å². The van der Waals surface area contributed by atoms with Gasteiger partial charge in [0, 0.05) is 0 Å². The second-order valence-corrected chi connectivity index (χ2v) is 6.18. The quantitative estimate of drug-likeness (QED) is 0.531. The van der Waals surface area contributed by atoms with Crippen molar-refractivity contribution in [3.63, 3.8) is 0 Å². The molecule has 2 heterocycles. The first-order valence-corrected chi connectivity index (χ1v) is 8.49. The smallest absolute Gasteiger partial charge is 0.268 e. The van der Waals surface area contributed by atoms with Crippen LogP contribution >= 0.6 is 12.2 Å². The van der Waals surface area contributed by atoms with Crippen molar-refractivity contribution >= 4 is 29.1 Å². The summed E-state index contributed by atoms with van der Waals surface area (Å²) in [5.41, 5.74) is 3.51. The SMILES string of the molecule is Cc1n[nH]c(=S)n(Nc2nc3ccccc3c(=O)n2-c2ccccc2)c1=O. The van der Waals surface area contributed by atoms with E-state index in [4.69, 9.17) is 12.2 Å². The number of para-hydroxylation sites is 2. The Morgan fingerprint density at radius 1 is 1.00 bits per heavy atom. The molecule has 134 valence electrons. The van der Waals surface area contributed by atoms with Crippen molar-refractivity contribution in [2.75, 3.05) is 5.43 Å². The number of benzene rings is 2. The number of aryl methyl sites for hydroxylation is 1. The summed E-state index contributed by atoms with van der Waals surface area (Å²) < 4.78 is 2.57. The van der Waals surface area contributed by atoms with E-state index in [1.807, 2.05) is 18.2 Å². The van der Waals surface area contributed by atoms with Gasteiger partial charge in [-0.25, -0.2) is 9.55 Å². The van der Waals surface area contributed by atoms with Crippen LogP contribution in [-0.4, -0.2) is 24.4 Å². The summed E-state index contributed by atoms with van der Waals surface area (Å²) in [4.78, 5) is 30.1. The molecule has 0 fully saturated rings. The average molecular weight is 378 g/mol. The van der Waals surface area contributed by atoms with Gasteiger partial charge in [-0.1, -0.05) is 30.3 Å². The maximum absolute atomic E-state index is 13.1. The third-order valence-corrected chi connectivity index (χ3v) is 4.31. The summed E-state index contributed by atoms with van der Waals surface area (Å²) in [5.74, 6) is 0.164. The number of aromatic amines is 1. The molecule has 0 atom stereocenters. The Kier molecular flexibility index (Phi) is 4.13. The van der Waals surface area contributed by atoms with E-state index >= 15 is 0 Å². The molecule has 0 bridgehead atoms. The summed E-state index contributed by atoms with van der Waals surface area (Å²) >= 11 is 5.15. The largest absolute Gasteiger partial charge is 0.295 e. The Hall–Kier alpha value is -3.59. The van der Waals surface area contributed by atoms with E-state index < -0.39 is 5.56 Å². The third kappa shape index (κ3) is 2.93. The van der Waals surface area contributed by atoms with Gasteiger partial charge in [-0.15, -0.1) is 0 Å². The molecule has 0 unspecified atom stereocenters. The molecule has 0 saturated carbocycles. The monoisotopic (exact) mass is 378 g/mol. The summed E-state index contributed by atoms with van der Waals surface area (Å²) in [6.45, 7) is 1.56. The second-order valence-electron chi connectivity index (χ2n) is 5.80. The second kappa shape index (κ2) is 6.61. The van der Waals surface area contributed by atoms with Crippen LogP contribution < -0.4 is 16.5 Å². The molecule has 4 rings (SSSR count).